The van der Waals surface area contributed by atoms with Crippen LogP contribution < -0.4 is 9.47 Å². The molecule has 0 amide bonds. The number of rotatable bonds is 3. The second-order valence-corrected chi connectivity index (χ2v) is 5.15. The van der Waals surface area contributed by atoms with Crippen molar-refractivity contribution in [3.05, 3.63) is 29.3 Å². The number of ether oxygens (including phenoxy) is 2. The number of hydrogen-bond donors (Lipinski definition) is 1. The largest absolute Gasteiger partial charge is 0.493 e. The van der Waals surface area contributed by atoms with Gasteiger partial charge in [0.1, 0.15) is 0 Å². The highest BCUT2D eigenvalue weighted by atomic mass is 16.5. The number of methoxy groups -OCH3 is 2. The fraction of sp³-hybridized carbons (Fsp3) is 0.500. The van der Waals surface area contributed by atoms with E-state index < -0.39 is 0 Å². The molecule has 0 aromatic heterocycles. The molecule has 1 aromatic carbocycles. The molecule has 3 heteroatoms. The standard InChI is InChI=1S/C16H22O3/c1-11-5-4-6-13(16(11)17)9-12-7-8-14(18-2)15(10-12)19-3/h7-11,16-17H,4-6H2,1-3H3/b13-9+. The van der Waals surface area contributed by atoms with E-state index in [9.17, 15) is 5.11 Å². The maximum Gasteiger partial charge on any atom is 0.161 e. The zero-order valence-corrected chi connectivity index (χ0v) is 11.8. The second-order valence-electron chi connectivity index (χ2n) is 5.15. The van der Waals surface area contributed by atoms with Crippen LogP contribution in [0, 0.1) is 5.92 Å². The van der Waals surface area contributed by atoms with Crippen LogP contribution >= 0.6 is 0 Å². The van der Waals surface area contributed by atoms with E-state index >= 15 is 0 Å². The summed E-state index contributed by atoms with van der Waals surface area (Å²) in [6.45, 7) is 2.10. The van der Waals surface area contributed by atoms with Crippen molar-refractivity contribution in [2.75, 3.05) is 14.2 Å². The van der Waals surface area contributed by atoms with Crippen molar-refractivity contribution in [3.63, 3.8) is 0 Å². The average Bonchev–Trinajstić information content (AvgIpc) is 2.43. The van der Waals surface area contributed by atoms with Crippen LogP contribution in [-0.4, -0.2) is 25.4 Å². The van der Waals surface area contributed by atoms with Crippen LogP contribution in [0.3, 0.4) is 0 Å². The molecular weight excluding hydrogens is 240 g/mol. The summed E-state index contributed by atoms with van der Waals surface area (Å²) in [4.78, 5) is 0. The average molecular weight is 262 g/mol. The van der Waals surface area contributed by atoms with E-state index in [1.54, 1.807) is 14.2 Å². The van der Waals surface area contributed by atoms with Gasteiger partial charge in [-0.2, -0.15) is 0 Å². The summed E-state index contributed by atoms with van der Waals surface area (Å²) in [5.41, 5.74) is 2.16. The molecule has 0 heterocycles. The minimum atomic E-state index is -0.318. The first-order valence-electron chi connectivity index (χ1n) is 6.76. The third-order valence-electron chi connectivity index (χ3n) is 3.80. The van der Waals surface area contributed by atoms with Gasteiger partial charge in [-0.25, -0.2) is 0 Å². The Bertz CT molecular complexity index is 465. The molecule has 2 unspecified atom stereocenters. The quantitative estimate of drug-likeness (QED) is 0.908. The van der Waals surface area contributed by atoms with Gasteiger partial charge in [0.05, 0.1) is 20.3 Å². The van der Waals surface area contributed by atoms with E-state index in [-0.39, 0.29) is 6.10 Å². The van der Waals surface area contributed by atoms with Gasteiger partial charge in [0.25, 0.3) is 0 Å². The first-order chi connectivity index (χ1) is 9.15. The molecule has 1 aliphatic rings. The number of hydrogen-bond acceptors (Lipinski definition) is 3. The zero-order chi connectivity index (χ0) is 13.8. The zero-order valence-electron chi connectivity index (χ0n) is 11.8. The van der Waals surface area contributed by atoms with Crippen LogP contribution in [0.15, 0.2) is 23.8 Å². The van der Waals surface area contributed by atoms with Gasteiger partial charge in [0.15, 0.2) is 11.5 Å². The van der Waals surface area contributed by atoms with E-state index in [4.69, 9.17) is 9.47 Å². The second kappa shape index (κ2) is 6.11. The molecule has 0 aliphatic heterocycles. The normalized spacial score (nSPS) is 25.4. The third-order valence-corrected chi connectivity index (χ3v) is 3.80. The van der Waals surface area contributed by atoms with E-state index in [1.807, 2.05) is 18.2 Å². The lowest BCUT2D eigenvalue weighted by Crippen LogP contribution is -2.24. The molecule has 3 nitrogen and oxygen atoms in total. The summed E-state index contributed by atoms with van der Waals surface area (Å²) in [7, 11) is 3.26. The fourth-order valence-corrected chi connectivity index (χ4v) is 2.61. The predicted octanol–water partition coefficient (Wildman–Crippen LogP) is 3.27. The van der Waals surface area contributed by atoms with Crippen LogP contribution in [0.2, 0.25) is 0 Å². The van der Waals surface area contributed by atoms with Crippen LogP contribution in [-0.2, 0) is 0 Å². The first-order valence-corrected chi connectivity index (χ1v) is 6.76. The van der Waals surface area contributed by atoms with E-state index in [0.29, 0.717) is 5.92 Å². The van der Waals surface area contributed by atoms with Crippen molar-refractivity contribution in [2.24, 2.45) is 5.92 Å². The van der Waals surface area contributed by atoms with Gasteiger partial charge in [0, 0.05) is 0 Å². The predicted molar refractivity (Wildman–Crippen MR) is 76.5 cm³/mol. The Morgan fingerprint density at radius 3 is 2.63 bits per heavy atom. The Labute approximate surface area is 114 Å². The number of aliphatic hydroxyl groups excluding tert-OH is 1. The lowest BCUT2D eigenvalue weighted by atomic mass is 9.83. The highest BCUT2D eigenvalue weighted by Gasteiger charge is 2.23. The lowest BCUT2D eigenvalue weighted by molar-refractivity contribution is 0.126. The molecule has 2 atom stereocenters. The SMILES string of the molecule is COc1ccc(/C=C2\CCCC(C)C2O)cc1OC. The maximum atomic E-state index is 10.2. The molecule has 2 rings (SSSR count). The molecule has 0 spiro atoms. The van der Waals surface area contributed by atoms with E-state index in [1.165, 1.54) is 0 Å². The minimum Gasteiger partial charge on any atom is -0.493 e. The topological polar surface area (TPSA) is 38.7 Å². The van der Waals surface area contributed by atoms with Crippen molar-refractivity contribution >= 4 is 6.08 Å². The van der Waals surface area contributed by atoms with Gasteiger partial charge in [-0.3, -0.25) is 0 Å². The summed E-state index contributed by atoms with van der Waals surface area (Å²) >= 11 is 0. The Kier molecular flexibility index (Phi) is 4.48. The third kappa shape index (κ3) is 3.10. The molecule has 1 aliphatic carbocycles. The highest BCUT2D eigenvalue weighted by molar-refractivity contribution is 5.59. The first kappa shape index (κ1) is 13.9. The highest BCUT2D eigenvalue weighted by Crippen LogP contribution is 2.32. The van der Waals surface area contributed by atoms with Gasteiger partial charge in [-0.15, -0.1) is 0 Å². The van der Waals surface area contributed by atoms with Gasteiger partial charge in [-0.05, 0) is 48.4 Å². The molecule has 0 saturated heterocycles. The Morgan fingerprint density at radius 2 is 1.95 bits per heavy atom. The summed E-state index contributed by atoms with van der Waals surface area (Å²) < 4.78 is 10.5. The molecule has 1 saturated carbocycles. The summed E-state index contributed by atoms with van der Waals surface area (Å²) in [5, 5.41) is 10.2. The molecule has 104 valence electrons. The van der Waals surface area contributed by atoms with Crippen molar-refractivity contribution in [1.29, 1.82) is 0 Å². The molecule has 1 aromatic rings. The lowest BCUT2D eigenvalue weighted by Gasteiger charge is -2.27. The van der Waals surface area contributed by atoms with Crippen molar-refractivity contribution in [2.45, 2.75) is 32.3 Å². The molecule has 19 heavy (non-hydrogen) atoms. The number of benzene rings is 1. The molecular formula is C16H22O3. The van der Waals surface area contributed by atoms with Crippen LogP contribution in [0.1, 0.15) is 31.7 Å². The maximum absolute atomic E-state index is 10.2. The van der Waals surface area contributed by atoms with Crippen molar-refractivity contribution in [3.8, 4) is 11.5 Å². The Hall–Kier alpha value is -1.48. The van der Waals surface area contributed by atoms with Crippen molar-refractivity contribution < 1.29 is 14.6 Å². The smallest absolute Gasteiger partial charge is 0.161 e. The van der Waals surface area contributed by atoms with Crippen LogP contribution in [0.4, 0.5) is 0 Å². The summed E-state index contributed by atoms with van der Waals surface area (Å²) in [6.07, 6.45) is 4.98. The van der Waals surface area contributed by atoms with Crippen molar-refractivity contribution in [1.82, 2.24) is 0 Å². The van der Waals surface area contributed by atoms with Gasteiger partial charge in [-0.1, -0.05) is 19.1 Å². The van der Waals surface area contributed by atoms with Crippen LogP contribution in [0.5, 0.6) is 11.5 Å². The van der Waals surface area contributed by atoms with Gasteiger partial charge in [0.2, 0.25) is 0 Å². The minimum absolute atomic E-state index is 0.318. The molecule has 1 N–H and O–H groups in total. The molecule has 0 bridgehead atoms. The van der Waals surface area contributed by atoms with Gasteiger partial charge >= 0.3 is 0 Å². The van der Waals surface area contributed by atoms with E-state index in [0.717, 1.165) is 41.9 Å². The Morgan fingerprint density at radius 1 is 1.21 bits per heavy atom. The molecule has 0 radical (unpaired) electrons. The molecule has 1 fully saturated rings. The monoisotopic (exact) mass is 262 g/mol. The number of aliphatic hydroxyl groups is 1. The van der Waals surface area contributed by atoms with Crippen LogP contribution in [0.25, 0.3) is 6.08 Å². The Balaban J connectivity index is 2.27. The summed E-state index contributed by atoms with van der Waals surface area (Å²) in [5.74, 6) is 1.79. The summed E-state index contributed by atoms with van der Waals surface area (Å²) in [6, 6.07) is 5.82. The fourth-order valence-electron chi connectivity index (χ4n) is 2.61. The van der Waals surface area contributed by atoms with Gasteiger partial charge < -0.3 is 14.6 Å². The van der Waals surface area contributed by atoms with E-state index in [2.05, 4.69) is 13.0 Å².